The first-order valence-corrected chi connectivity index (χ1v) is 9.65. The minimum absolute atomic E-state index is 0.0901. The van der Waals surface area contributed by atoms with Crippen LogP contribution in [0.2, 0.25) is 5.02 Å². The molecule has 0 spiro atoms. The summed E-state index contributed by atoms with van der Waals surface area (Å²) in [5, 5.41) is 18.2. The molecule has 11 heteroatoms. The molecule has 2 aromatic carbocycles. The van der Waals surface area contributed by atoms with E-state index < -0.39 is 10.9 Å². The summed E-state index contributed by atoms with van der Waals surface area (Å²) in [5.41, 5.74) is 1.06. The first-order valence-electron chi connectivity index (χ1n) is 8.05. The zero-order valence-electron chi connectivity index (χ0n) is 15.1. The number of thiophene rings is 1. The number of nitro groups is 1. The molecule has 2 N–H and O–H groups in total. The highest BCUT2D eigenvalue weighted by atomic mass is 35.5. The highest BCUT2D eigenvalue weighted by Gasteiger charge is 2.18. The number of nitro benzene ring substituents is 1. The standard InChI is InChI=1S/C18H14ClN3O5S2/c1-26-13-8-10(22(24)25)4-6-12(13)21-18(28)20-9-3-5-11-14(7-9)29-16(15(11)19)17(23)27-2/h3-8H,1-2H3,(H2,20,21,28). The van der Waals surface area contributed by atoms with E-state index in [1.807, 2.05) is 0 Å². The van der Waals surface area contributed by atoms with Crippen molar-refractivity contribution in [3.05, 3.63) is 56.4 Å². The van der Waals surface area contributed by atoms with Crippen LogP contribution >= 0.6 is 35.2 Å². The van der Waals surface area contributed by atoms with Gasteiger partial charge in [-0.25, -0.2) is 4.79 Å². The normalized spacial score (nSPS) is 10.4. The molecule has 0 unspecified atom stereocenters. The number of hydrogen-bond acceptors (Lipinski definition) is 7. The van der Waals surface area contributed by atoms with Crippen molar-refractivity contribution in [2.24, 2.45) is 0 Å². The van der Waals surface area contributed by atoms with E-state index in [-0.39, 0.29) is 16.5 Å². The maximum absolute atomic E-state index is 11.8. The fourth-order valence-electron chi connectivity index (χ4n) is 2.55. The maximum Gasteiger partial charge on any atom is 0.349 e. The summed E-state index contributed by atoms with van der Waals surface area (Å²) in [6.07, 6.45) is 0. The van der Waals surface area contributed by atoms with Crippen molar-refractivity contribution in [1.29, 1.82) is 0 Å². The Morgan fingerprint density at radius 3 is 2.62 bits per heavy atom. The van der Waals surface area contributed by atoms with Gasteiger partial charge in [-0.1, -0.05) is 11.6 Å². The monoisotopic (exact) mass is 451 g/mol. The lowest BCUT2D eigenvalue weighted by atomic mass is 10.2. The fraction of sp³-hybridized carbons (Fsp3) is 0.111. The fourth-order valence-corrected chi connectivity index (χ4v) is 4.24. The number of fused-ring (bicyclic) bond motifs is 1. The van der Waals surface area contributed by atoms with E-state index in [9.17, 15) is 14.9 Å². The molecule has 0 amide bonds. The Morgan fingerprint density at radius 2 is 1.97 bits per heavy atom. The van der Waals surface area contributed by atoms with Gasteiger partial charge in [-0.3, -0.25) is 10.1 Å². The van der Waals surface area contributed by atoms with Crippen LogP contribution in [0.3, 0.4) is 0 Å². The van der Waals surface area contributed by atoms with Crippen molar-refractivity contribution in [3.63, 3.8) is 0 Å². The molecule has 0 radical (unpaired) electrons. The van der Waals surface area contributed by atoms with Gasteiger partial charge in [0.2, 0.25) is 0 Å². The summed E-state index contributed by atoms with van der Waals surface area (Å²) in [4.78, 5) is 22.5. The summed E-state index contributed by atoms with van der Waals surface area (Å²) >= 11 is 12.8. The lowest BCUT2D eigenvalue weighted by Gasteiger charge is -2.13. The van der Waals surface area contributed by atoms with Gasteiger partial charge in [0.05, 0.1) is 35.9 Å². The Morgan fingerprint density at radius 1 is 1.21 bits per heavy atom. The van der Waals surface area contributed by atoms with Crippen LogP contribution in [0.25, 0.3) is 10.1 Å². The molecule has 0 atom stereocenters. The largest absolute Gasteiger partial charge is 0.494 e. The van der Waals surface area contributed by atoms with Crippen LogP contribution in [-0.4, -0.2) is 30.2 Å². The van der Waals surface area contributed by atoms with Crippen molar-refractivity contribution < 1.29 is 19.2 Å². The molecule has 0 aliphatic heterocycles. The molecule has 0 saturated carbocycles. The van der Waals surface area contributed by atoms with Gasteiger partial charge in [-0.2, -0.15) is 0 Å². The quantitative estimate of drug-likeness (QED) is 0.240. The number of hydrogen-bond donors (Lipinski definition) is 2. The number of ether oxygens (including phenoxy) is 2. The predicted octanol–water partition coefficient (Wildman–Crippen LogP) is 5.07. The molecule has 1 aromatic heterocycles. The number of carbonyl (C=O) groups excluding carboxylic acids is 1. The van der Waals surface area contributed by atoms with E-state index in [0.717, 1.165) is 10.1 Å². The van der Waals surface area contributed by atoms with Crippen LogP contribution in [-0.2, 0) is 4.74 Å². The molecule has 8 nitrogen and oxygen atoms in total. The lowest BCUT2D eigenvalue weighted by Crippen LogP contribution is -2.19. The van der Waals surface area contributed by atoms with Crippen LogP contribution in [0.4, 0.5) is 17.1 Å². The van der Waals surface area contributed by atoms with Gasteiger partial charge in [0.15, 0.2) is 5.11 Å². The molecule has 3 rings (SSSR count). The third-order valence-corrected chi connectivity index (χ3v) is 5.74. The number of esters is 1. The van der Waals surface area contributed by atoms with Crippen molar-refractivity contribution in [1.82, 2.24) is 0 Å². The van der Waals surface area contributed by atoms with Gasteiger partial charge in [0, 0.05) is 21.8 Å². The molecule has 0 fully saturated rings. The second kappa shape index (κ2) is 8.60. The number of nitrogens with zero attached hydrogens (tertiary/aromatic N) is 1. The summed E-state index contributed by atoms with van der Waals surface area (Å²) in [5.74, 6) is -0.209. The van der Waals surface area contributed by atoms with E-state index >= 15 is 0 Å². The van der Waals surface area contributed by atoms with E-state index in [4.69, 9.17) is 33.3 Å². The highest BCUT2D eigenvalue weighted by molar-refractivity contribution is 7.80. The SMILES string of the molecule is COC(=O)c1sc2cc(NC(=S)Nc3ccc([N+](=O)[O-])cc3OC)ccc2c1Cl. The Hall–Kier alpha value is -2.95. The zero-order valence-corrected chi connectivity index (χ0v) is 17.5. The summed E-state index contributed by atoms with van der Waals surface area (Å²) in [7, 11) is 2.71. The molecule has 0 saturated heterocycles. The number of thiocarbonyl (C=S) groups is 1. The average Bonchev–Trinajstić information content (AvgIpc) is 3.03. The molecule has 29 heavy (non-hydrogen) atoms. The van der Waals surface area contributed by atoms with Gasteiger partial charge in [0.1, 0.15) is 10.6 Å². The molecular formula is C18H14ClN3O5S2. The average molecular weight is 452 g/mol. The molecular weight excluding hydrogens is 438 g/mol. The molecule has 0 aliphatic rings. The van der Waals surface area contributed by atoms with E-state index in [1.54, 1.807) is 18.2 Å². The topological polar surface area (TPSA) is 103 Å². The molecule has 3 aromatic rings. The number of methoxy groups -OCH3 is 2. The van der Waals surface area contributed by atoms with E-state index in [2.05, 4.69) is 10.6 Å². The minimum atomic E-state index is -0.507. The van der Waals surface area contributed by atoms with Crippen LogP contribution in [0.5, 0.6) is 5.75 Å². The van der Waals surface area contributed by atoms with E-state index in [0.29, 0.717) is 21.3 Å². The van der Waals surface area contributed by atoms with Crippen molar-refractivity contribution >= 4 is 73.4 Å². The first kappa shape index (κ1) is 20.8. The highest BCUT2D eigenvalue weighted by Crippen LogP contribution is 2.37. The Kier molecular flexibility index (Phi) is 6.16. The second-order valence-corrected chi connectivity index (χ2v) is 7.51. The van der Waals surface area contributed by atoms with Gasteiger partial charge in [-0.15, -0.1) is 11.3 Å². The zero-order chi connectivity index (χ0) is 21.1. The van der Waals surface area contributed by atoms with Crippen LogP contribution in [0, 0.1) is 10.1 Å². The molecule has 0 bridgehead atoms. The molecule has 1 heterocycles. The maximum atomic E-state index is 11.8. The predicted molar refractivity (Wildman–Crippen MR) is 118 cm³/mol. The van der Waals surface area contributed by atoms with Crippen LogP contribution in [0.1, 0.15) is 9.67 Å². The third kappa shape index (κ3) is 4.39. The smallest absolute Gasteiger partial charge is 0.349 e. The van der Waals surface area contributed by atoms with Crippen molar-refractivity contribution in [2.75, 3.05) is 24.9 Å². The number of benzene rings is 2. The second-order valence-electron chi connectivity index (χ2n) is 5.67. The lowest BCUT2D eigenvalue weighted by molar-refractivity contribution is -0.384. The Labute approximate surface area is 179 Å². The number of rotatable bonds is 5. The molecule has 150 valence electrons. The van der Waals surface area contributed by atoms with Gasteiger partial charge in [0.25, 0.3) is 5.69 Å². The molecule has 0 aliphatic carbocycles. The van der Waals surface area contributed by atoms with E-state index in [1.165, 1.54) is 43.8 Å². The van der Waals surface area contributed by atoms with Gasteiger partial charge >= 0.3 is 5.97 Å². The minimum Gasteiger partial charge on any atom is -0.494 e. The Balaban J connectivity index is 1.79. The number of anilines is 2. The first-order chi connectivity index (χ1) is 13.8. The summed E-state index contributed by atoms with van der Waals surface area (Å²) in [6.45, 7) is 0. The van der Waals surface area contributed by atoms with Crippen LogP contribution < -0.4 is 15.4 Å². The van der Waals surface area contributed by atoms with Gasteiger partial charge < -0.3 is 20.1 Å². The van der Waals surface area contributed by atoms with Crippen molar-refractivity contribution in [3.8, 4) is 5.75 Å². The number of nitrogens with one attached hydrogen (secondary N) is 2. The summed E-state index contributed by atoms with van der Waals surface area (Å²) in [6, 6.07) is 9.51. The summed E-state index contributed by atoms with van der Waals surface area (Å²) < 4.78 is 10.7. The number of halogens is 1. The van der Waals surface area contributed by atoms with Crippen LogP contribution in [0.15, 0.2) is 36.4 Å². The third-order valence-electron chi connectivity index (χ3n) is 3.90. The Bertz CT molecular complexity index is 1130. The number of carbonyl (C=O) groups is 1. The van der Waals surface area contributed by atoms with Gasteiger partial charge in [-0.05, 0) is 36.5 Å². The van der Waals surface area contributed by atoms with Crippen molar-refractivity contribution in [2.45, 2.75) is 0 Å². The number of non-ortho nitro benzene ring substituents is 1.